The number of allylic oxidation sites excluding steroid dienone is 1. The monoisotopic (exact) mass is 289 g/mol. The predicted octanol–water partition coefficient (Wildman–Crippen LogP) is 4.16. The number of phosphoric acid groups is 1. The summed E-state index contributed by atoms with van der Waals surface area (Å²) in [4.78, 5) is 0. The van der Waals surface area contributed by atoms with Crippen molar-refractivity contribution < 1.29 is 18.2 Å². The number of nitrogens with zero attached hydrogens (tertiary/aromatic N) is 1. The molecule has 5 nitrogen and oxygen atoms in total. The van der Waals surface area contributed by atoms with Crippen molar-refractivity contribution in [3.05, 3.63) is 12.7 Å². The van der Waals surface area contributed by atoms with Gasteiger partial charge in [0.05, 0.1) is 13.2 Å². The number of hydrogen-bond acceptors (Lipinski definition) is 5. The van der Waals surface area contributed by atoms with Crippen LogP contribution in [0.15, 0.2) is 17.8 Å². The minimum absolute atomic E-state index is 0.255. The third-order valence-electron chi connectivity index (χ3n) is 3.15. The Morgan fingerprint density at radius 2 is 1.79 bits per heavy atom. The van der Waals surface area contributed by atoms with Gasteiger partial charge >= 0.3 is 7.82 Å². The van der Waals surface area contributed by atoms with Gasteiger partial charge in [-0.05, 0) is 32.6 Å². The molecule has 1 fully saturated rings. The van der Waals surface area contributed by atoms with E-state index in [2.05, 4.69) is 11.7 Å². The van der Waals surface area contributed by atoms with E-state index in [-0.39, 0.29) is 13.2 Å². The van der Waals surface area contributed by atoms with Crippen LogP contribution in [0.1, 0.15) is 39.5 Å². The summed E-state index contributed by atoms with van der Waals surface area (Å²) in [6.45, 7) is 7.81. The van der Waals surface area contributed by atoms with Crippen molar-refractivity contribution in [2.75, 3.05) is 13.2 Å². The van der Waals surface area contributed by atoms with Crippen molar-refractivity contribution in [1.29, 1.82) is 0 Å². The minimum atomic E-state index is -3.54. The van der Waals surface area contributed by atoms with E-state index in [0.29, 0.717) is 11.8 Å². The van der Waals surface area contributed by atoms with Gasteiger partial charge in [-0.2, -0.15) is 0 Å². The Morgan fingerprint density at radius 1 is 1.21 bits per heavy atom. The standard InChI is InChI=1S/C13H24NO4P/c1-4-12-9-7-8-10-13(12)11-14-18-19(15,16-5-2)17-6-3/h4,11-13H,1,5-10H2,2-3H3/b14-11+/t12-,13+/m1/s1. The number of hydrogen-bond donors (Lipinski definition) is 0. The maximum atomic E-state index is 12.0. The highest BCUT2D eigenvalue weighted by molar-refractivity contribution is 7.48. The highest BCUT2D eigenvalue weighted by Crippen LogP contribution is 2.49. The Labute approximate surface area is 115 Å². The molecule has 2 atom stereocenters. The van der Waals surface area contributed by atoms with Crippen molar-refractivity contribution in [2.24, 2.45) is 17.0 Å². The summed E-state index contributed by atoms with van der Waals surface area (Å²) in [5.41, 5.74) is 0. The molecular weight excluding hydrogens is 265 g/mol. The molecule has 0 aliphatic heterocycles. The Morgan fingerprint density at radius 3 is 2.32 bits per heavy atom. The van der Waals surface area contributed by atoms with Crippen LogP contribution in [0.3, 0.4) is 0 Å². The lowest BCUT2D eigenvalue weighted by Gasteiger charge is -2.25. The van der Waals surface area contributed by atoms with Crippen LogP contribution in [-0.2, 0) is 18.2 Å². The first-order valence-electron chi connectivity index (χ1n) is 6.89. The van der Waals surface area contributed by atoms with Crippen LogP contribution < -0.4 is 0 Å². The predicted molar refractivity (Wildman–Crippen MR) is 76.1 cm³/mol. The van der Waals surface area contributed by atoms with E-state index >= 15 is 0 Å². The van der Waals surface area contributed by atoms with Crippen LogP contribution in [0.2, 0.25) is 0 Å². The molecule has 1 rings (SSSR count). The van der Waals surface area contributed by atoms with Crippen LogP contribution in [0.5, 0.6) is 0 Å². The van der Waals surface area contributed by atoms with Gasteiger partial charge in [0.25, 0.3) is 0 Å². The van der Waals surface area contributed by atoms with Gasteiger partial charge < -0.3 is 0 Å². The SMILES string of the molecule is C=C[C@@H]1CCCC[C@H]1/C=N/OP(=O)(OCC)OCC. The van der Waals surface area contributed by atoms with Crippen molar-refractivity contribution in [3.8, 4) is 0 Å². The van der Waals surface area contributed by atoms with E-state index in [0.717, 1.165) is 12.8 Å². The highest BCUT2D eigenvalue weighted by Gasteiger charge is 2.27. The summed E-state index contributed by atoms with van der Waals surface area (Å²) in [6.07, 6.45) is 8.23. The fourth-order valence-electron chi connectivity index (χ4n) is 2.23. The largest absolute Gasteiger partial charge is 0.550 e. The van der Waals surface area contributed by atoms with E-state index in [1.54, 1.807) is 20.1 Å². The fraction of sp³-hybridized carbons (Fsp3) is 0.769. The molecule has 0 aromatic carbocycles. The fourth-order valence-corrected chi connectivity index (χ4v) is 3.20. The molecule has 19 heavy (non-hydrogen) atoms. The molecule has 0 aromatic heterocycles. The summed E-state index contributed by atoms with van der Waals surface area (Å²) in [6, 6.07) is 0. The lowest BCUT2D eigenvalue weighted by molar-refractivity contribution is 0.124. The molecule has 0 saturated heterocycles. The molecule has 0 unspecified atom stereocenters. The molecule has 1 aliphatic carbocycles. The summed E-state index contributed by atoms with van der Waals surface area (Å²) in [5, 5.41) is 3.82. The first-order chi connectivity index (χ1) is 9.15. The molecule has 110 valence electrons. The quantitative estimate of drug-likeness (QED) is 0.291. The van der Waals surface area contributed by atoms with Gasteiger partial charge in [-0.25, -0.2) is 4.57 Å². The zero-order chi connectivity index (χ0) is 14.1. The zero-order valence-electron chi connectivity index (χ0n) is 11.8. The second-order valence-corrected chi connectivity index (χ2v) is 6.04. The summed E-state index contributed by atoms with van der Waals surface area (Å²) < 4.78 is 26.9. The molecule has 0 bridgehead atoms. The van der Waals surface area contributed by atoms with Gasteiger partial charge in [0.1, 0.15) is 0 Å². The first-order valence-corrected chi connectivity index (χ1v) is 8.35. The summed E-state index contributed by atoms with van der Waals surface area (Å²) >= 11 is 0. The first kappa shape index (κ1) is 16.4. The maximum Gasteiger partial charge on any atom is 0.550 e. The third kappa shape index (κ3) is 5.47. The second kappa shape index (κ2) is 8.51. The van der Waals surface area contributed by atoms with Crippen LogP contribution in [0.25, 0.3) is 0 Å². The van der Waals surface area contributed by atoms with Gasteiger partial charge in [0.15, 0.2) is 0 Å². The van der Waals surface area contributed by atoms with E-state index < -0.39 is 7.82 Å². The van der Waals surface area contributed by atoms with Crippen molar-refractivity contribution in [3.63, 3.8) is 0 Å². The molecule has 6 heteroatoms. The van der Waals surface area contributed by atoms with Crippen molar-refractivity contribution >= 4 is 14.0 Å². The van der Waals surface area contributed by atoms with Crippen LogP contribution in [0, 0.1) is 11.8 Å². The average Bonchev–Trinajstić information content (AvgIpc) is 2.40. The topological polar surface area (TPSA) is 57.1 Å². The lowest BCUT2D eigenvalue weighted by Crippen LogP contribution is -2.18. The van der Waals surface area contributed by atoms with E-state index in [9.17, 15) is 4.57 Å². The van der Waals surface area contributed by atoms with E-state index in [1.165, 1.54) is 12.8 Å². The molecule has 1 saturated carbocycles. The number of phosphoric ester groups is 1. The van der Waals surface area contributed by atoms with Gasteiger partial charge in [-0.15, -0.1) is 6.58 Å². The highest BCUT2D eigenvalue weighted by atomic mass is 31.2. The Kier molecular flexibility index (Phi) is 7.36. The third-order valence-corrected chi connectivity index (χ3v) is 4.59. The van der Waals surface area contributed by atoms with Gasteiger partial charge in [0.2, 0.25) is 0 Å². The van der Waals surface area contributed by atoms with Crippen LogP contribution in [0.4, 0.5) is 0 Å². The molecule has 0 heterocycles. The van der Waals surface area contributed by atoms with E-state index in [1.807, 2.05) is 6.08 Å². The molecule has 0 aromatic rings. The normalized spacial score (nSPS) is 24.5. The molecule has 0 N–H and O–H groups in total. The Hall–Kier alpha value is -0.640. The Bertz CT molecular complexity index is 336. The second-order valence-electron chi connectivity index (χ2n) is 4.47. The molecule has 0 radical (unpaired) electrons. The van der Waals surface area contributed by atoms with Crippen LogP contribution in [-0.4, -0.2) is 19.4 Å². The van der Waals surface area contributed by atoms with E-state index in [4.69, 9.17) is 13.7 Å². The maximum absolute atomic E-state index is 12.0. The van der Waals surface area contributed by atoms with Crippen LogP contribution >= 0.6 is 7.82 Å². The number of rotatable bonds is 8. The Balaban J connectivity index is 2.54. The zero-order valence-corrected chi connectivity index (χ0v) is 12.7. The van der Waals surface area contributed by atoms with Crippen molar-refractivity contribution in [1.82, 2.24) is 0 Å². The molecule has 0 amide bonds. The molecular formula is C13H24NO4P. The lowest BCUT2D eigenvalue weighted by atomic mass is 9.80. The number of oxime groups is 1. The summed E-state index contributed by atoms with van der Waals surface area (Å²) in [5.74, 6) is 0.711. The van der Waals surface area contributed by atoms with Crippen molar-refractivity contribution in [2.45, 2.75) is 39.5 Å². The van der Waals surface area contributed by atoms with Gasteiger partial charge in [0, 0.05) is 12.1 Å². The smallest absolute Gasteiger partial charge is 0.292 e. The molecule has 1 aliphatic rings. The minimum Gasteiger partial charge on any atom is -0.292 e. The van der Waals surface area contributed by atoms with Gasteiger partial charge in [-0.3, -0.25) is 13.7 Å². The average molecular weight is 289 g/mol. The summed E-state index contributed by atoms with van der Waals surface area (Å²) in [7, 11) is -3.54. The van der Waals surface area contributed by atoms with Gasteiger partial charge in [-0.1, -0.05) is 24.1 Å². The molecule has 0 spiro atoms.